The average molecular weight is 346 g/mol. The van der Waals surface area contributed by atoms with Gasteiger partial charge in [0, 0.05) is 15.3 Å². The first kappa shape index (κ1) is 11.3. The highest BCUT2D eigenvalue weighted by molar-refractivity contribution is 14.1. The molecule has 16 heavy (non-hydrogen) atoms. The highest BCUT2D eigenvalue weighted by Gasteiger charge is 2.14. The zero-order valence-electron chi connectivity index (χ0n) is 8.01. The summed E-state index contributed by atoms with van der Waals surface area (Å²) < 4.78 is 1.13. The number of thiophene rings is 1. The number of rotatable bonds is 3. The van der Waals surface area contributed by atoms with Gasteiger partial charge in [-0.15, -0.1) is 11.3 Å². The van der Waals surface area contributed by atoms with Crippen LogP contribution in [0, 0.1) is 13.7 Å². The third-order valence-electron chi connectivity index (χ3n) is 1.94. The van der Waals surface area contributed by atoms with Gasteiger partial charge in [0.05, 0.1) is 4.92 Å². The van der Waals surface area contributed by atoms with Crippen LogP contribution in [0.25, 0.3) is 0 Å². The van der Waals surface area contributed by atoms with Gasteiger partial charge in [-0.2, -0.15) is 0 Å². The van der Waals surface area contributed by atoms with Gasteiger partial charge in [0.1, 0.15) is 0 Å². The molecule has 4 nitrogen and oxygen atoms in total. The normalized spacial score (nSPS) is 10.1. The lowest BCUT2D eigenvalue weighted by Gasteiger charge is -2.03. The molecule has 0 atom stereocenters. The minimum Gasteiger partial charge on any atom is -0.342 e. The van der Waals surface area contributed by atoms with Crippen LogP contribution in [-0.2, 0) is 0 Å². The summed E-state index contributed by atoms with van der Waals surface area (Å²) >= 11 is 3.53. The van der Waals surface area contributed by atoms with Gasteiger partial charge in [0.15, 0.2) is 5.00 Å². The number of nitrogens with one attached hydrogen (secondary N) is 1. The second-order valence-corrected chi connectivity index (χ2v) is 5.19. The van der Waals surface area contributed by atoms with E-state index in [1.165, 1.54) is 17.4 Å². The second kappa shape index (κ2) is 4.79. The van der Waals surface area contributed by atoms with Crippen molar-refractivity contribution >= 4 is 50.3 Å². The Morgan fingerprint density at radius 3 is 2.56 bits per heavy atom. The maximum atomic E-state index is 10.7. The summed E-state index contributed by atoms with van der Waals surface area (Å²) in [4.78, 5) is 10.3. The van der Waals surface area contributed by atoms with Crippen LogP contribution in [0.5, 0.6) is 0 Å². The molecule has 2 rings (SSSR count). The molecule has 0 saturated carbocycles. The molecule has 0 radical (unpaired) electrons. The molecule has 0 amide bonds. The molecule has 0 fully saturated rings. The zero-order chi connectivity index (χ0) is 11.5. The molecule has 2 aromatic rings. The van der Waals surface area contributed by atoms with Crippen molar-refractivity contribution in [3.8, 4) is 0 Å². The second-order valence-electron chi connectivity index (χ2n) is 3.02. The number of nitro groups is 1. The van der Waals surface area contributed by atoms with E-state index in [0.29, 0.717) is 5.00 Å². The van der Waals surface area contributed by atoms with E-state index < -0.39 is 0 Å². The van der Waals surface area contributed by atoms with Gasteiger partial charge < -0.3 is 5.32 Å². The molecular formula is C10H7IN2O2S. The Morgan fingerprint density at radius 2 is 1.94 bits per heavy atom. The standard InChI is InChI=1S/C10H7IN2O2S/c11-7-1-3-8(4-2-7)12-10-9(13(14)15)5-6-16-10/h1-6,12H. The molecule has 1 N–H and O–H groups in total. The van der Waals surface area contributed by atoms with Gasteiger partial charge in [0.25, 0.3) is 0 Å². The first-order valence-corrected chi connectivity index (χ1v) is 6.37. The summed E-state index contributed by atoms with van der Waals surface area (Å²) in [5.41, 5.74) is 0.967. The molecule has 0 unspecified atom stereocenters. The molecule has 1 heterocycles. The minimum absolute atomic E-state index is 0.114. The van der Waals surface area contributed by atoms with Crippen molar-refractivity contribution in [2.45, 2.75) is 0 Å². The molecule has 0 aliphatic rings. The quantitative estimate of drug-likeness (QED) is 0.519. The van der Waals surface area contributed by atoms with Crippen molar-refractivity contribution in [2.24, 2.45) is 0 Å². The van der Waals surface area contributed by atoms with Crippen molar-refractivity contribution in [1.82, 2.24) is 0 Å². The van der Waals surface area contributed by atoms with Crippen LogP contribution in [0.2, 0.25) is 0 Å². The number of benzene rings is 1. The molecule has 1 aromatic heterocycles. The maximum absolute atomic E-state index is 10.7. The van der Waals surface area contributed by atoms with Crippen LogP contribution >= 0.6 is 33.9 Å². The van der Waals surface area contributed by atoms with Gasteiger partial charge in [-0.05, 0) is 52.2 Å². The third kappa shape index (κ3) is 2.50. The monoisotopic (exact) mass is 346 g/mol. The Balaban J connectivity index is 2.23. The van der Waals surface area contributed by atoms with Crippen molar-refractivity contribution in [3.05, 3.63) is 49.4 Å². The smallest absolute Gasteiger partial charge is 0.303 e. The Bertz CT molecular complexity index is 510. The fourth-order valence-electron chi connectivity index (χ4n) is 1.20. The van der Waals surface area contributed by atoms with Gasteiger partial charge in [-0.25, -0.2) is 0 Å². The fraction of sp³-hybridized carbons (Fsp3) is 0. The van der Waals surface area contributed by atoms with Crippen LogP contribution in [0.3, 0.4) is 0 Å². The summed E-state index contributed by atoms with van der Waals surface area (Å²) in [6.45, 7) is 0. The molecular weight excluding hydrogens is 339 g/mol. The van der Waals surface area contributed by atoms with Gasteiger partial charge in [-0.3, -0.25) is 10.1 Å². The Labute approximate surface area is 110 Å². The number of anilines is 2. The van der Waals surface area contributed by atoms with Gasteiger partial charge in [0.2, 0.25) is 0 Å². The van der Waals surface area contributed by atoms with Crippen LogP contribution in [0.1, 0.15) is 0 Å². The number of nitrogens with zero attached hydrogens (tertiary/aromatic N) is 1. The minimum atomic E-state index is -0.383. The first-order chi connectivity index (χ1) is 7.66. The van der Waals surface area contributed by atoms with E-state index in [2.05, 4.69) is 27.9 Å². The lowest BCUT2D eigenvalue weighted by atomic mass is 10.3. The molecule has 0 aliphatic heterocycles. The molecule has 82 valence electrons. The zero-order valence-corrected chi connectivity index (χ0v) is 11.0. The van der Waals surface area contributed by atoms with E-state index in [-0.39, 0.29) is 10.6 Å². The summed E-state index contributed by atoms with van der Waals surface area (Å²) in [5.74, 6) is 0. The van der Waals surface area contributed by atoms with Crippen molar-refractivity contribution < 1.29 is 4.92 Å². The molecule has 0 bridgehead atoms. The third-order valence-corrected chi connectivity index (χ3v) is 3.48. The van der Waals surface area contributed by atoms with Crippen LogP contribution in [-0.4, -0.2) is 4.92 Å². The molecule has 0 saturated heterocycles. The summed E-state index contributed by atoms with van der Waals surface area (Å²) in [7, 11) is 0. The van der Waals surface area contributed by atoms with Crippen LogP contribution in [0.4, 0.5) is 16.4 Å². The Kier molecular flexibility index (Phi) is 3.39. The first-order valence-electron chi connectivity index (χ1n) is 4.41. The van der Waals surface area contributed by atoms with E-state index in [9.17, 15) is 10.1 Å². The number of halogens is 1. The maximum Gasteiger partial charge on any atom is 0.303 e. The van der Waals surface area contributed by atoms with E-state index in [1.54, 1.807) is 5.38 Å². The van der Waals surface area contributed by atoms with Crippen LogP contribution in [0.15, 0.2) is 35.7 Å². The van der Waals surface area contributed by atoms with E-state index >= 15 is 0 Å². The summed E-state index contributed by atoms with van der Waals surface area (Å²) in [6.07, 6.45) is 0. The van der Waals surface area contributed by atoms with Gasteiger partial charge >= 0.3 is 5.69 Å². The van der Waals surface area contributed by atoms with Crippen molar-refractivity contribution in [3.63, 3.8) is 0 Å². The predicted molar refractivity (Wildman–Crippen MR) is 73.4 cm³/mol. The molecule has 0 aliphatic carbocycles. The van der Waals surface area contributed by atoms with Gasteiger partial charge in [-0.1, -0.05) is 0 Å². The number of hydrogen-bond acceptors (Lipinski definition) is 4. The highest BCUT2D eigenvalue weighted by Crippen LogP contribution is 2.33. The summed E-state index contributed by atoms with van der Waals surface area (Å²) in [6, 6.07) is 9.18. The van der Waals surface area contributed by atoms with E-state index in [0.717, 1.165) is 9.26 Å². The largest absolute Gasteiger partial charge is 0.342 e. The number of hydrogen-bond donors (Lipinski definition) is 1. The predicted octanol–water partition coefficient (Wildman–Crippen LogP) is 4.00. The van der Waals surface area contributed by atoms with Crippen molar-refractivity contribution in [1.29, 1.82) is 0 Å². The summed E-state index contributed by atoms with van der Waals surface area (Å²) in [5, 5.41) is 16.0. The van der Waals surface area contributed by atoms with Crippen molar-refractivity contribution in [2.75, 3.05) is 5.32 Å². The van der Waals surface area contributed by atoms with Crippen LogP contribution < -0.4 is 5.32 Å². The molecule has 6 heteroatoms. The van der Waals surface area contributed by atoms with E-state index in [1.807, 2.05) is 24.3 Å². The fourth-order valence-corrected chi connectivity index (χ4v) is 2.34. The SMILES string of the molecule is O=[N+]([O-])c1ccsc1Nc1ccc(I)cc1. The molecule has 0 spiro atoms. The van der Waals surface area contributed by atoms with E-state index in [4.69, 9.17) is 0 Å². The average Bonchev–Trinajstić information content (AvgIpc) is 2.69. The Morgan fingerprint density at radius 1 is 1.25 bits per heavy atom. The topological polar surface area (TPSA) is 55.2 Å². The lowest BCUT2D eigenvalue weighted by Crippen LogP contribution is -1.92. The molecule has 1 aromatic carbocycles. The Hall–Kier alpha value is -1.15. The highest BCUT2D eigenvalue weighted by atomic mass is 127. The lowest BCUT2D eigenvalue weighted by molar-refractivity contribution is -0.383.